The number of amides is 3. The Morgan fingerprint density at radius 1 is 0.925 bits per heavy atom. The lowest BCUT2D eigenvalue weighted by Crippen LogP contribution is -2.56. The summed E-state index contributed by atoms with van der Waals surface area (Å²) in [6, 6.07) is 25.1. The van der Waals surface area contributed by atoms with E-state index < -0.39 is 6.04 Å². The first-order valence-electron chi connectivity index (χ1n) is 14.0. The van der Waals surface area contributed by atoms with Gasteiger partial charge in [-0.25, -0.2) is 4.79 Å². The van der Waals surface area contributed by atoms with Crippen molar-refractivity contribution < 1.29 is 9.59 Å². The number of nitrogens with one attached hydrogen (secondary N) is 3. The highest BCUT2D eigenvalue weighted by Gasteiger charge is 2.32. The summed E-state index contributed by atoms with van der Waals surface area (Å²) in [5.74, 6) is -0.523. The molecule has 0 aliphatic carbocycles. The zero-order valence-electron chi connectivity index (χ0n) is 23.0. The average Bonchev–Trinajstić information content (AvgIpc) is 3.41. The molecule has 8 heteroatoms. The van der Waals surface area contributed by atoms with Crippen LogP contribution in [-0.2, 0) is 17.8 Å². The zero-order valence-corrected chi connectivity index (χ0v) is 23.0. The van der Waals surface area contributed by atoms with Crippen LogP contribution >= 0.6 is 0 Å². The van der Waals surface area contributed by atoms with Crippen LogP contribution in [-0.4, -0.2) is 65.5 Å². The number of benzene rings is 3. The number of urea groups is 1. The van der Waals surface area contributed by atoms with Gasteiger partial charge in [-0.3, -0.25) is 9.69 Å². The largest absolute Gasteiger partial charge is 0.361 e. The number of nitrogens with zero attached hydrogens (tertiary/aromatic N) is 2. The van der Waals surface area contributed by atoms with Crippen LogP contribution in [0.2, 0.25) is 0 Å². The predicted octanol–water partition coefficient (Wildman–Crippen LogP) is 4.31. The van der Waals surface area contributed by atoms with Gasteiger partial charge in [-0.15, -0.1) is 0 Å². The first-order valence-corrected chi connectivity index (χ1v) is 14.0. The van der Waals surface area contributed by atoms with Gasteiger partial charge in [0.05, 0.1) is 0 Å². The highest BCUT2D eigenvalue weighted by atomic mass is 16.2. The van der Waals surface area contributed by atoms with Crippen LogP contribution in [0.1, 0.15) is 29.5 Å². The predicted molar refractivity (Wildman–Crippen MR) is 160 cm³/mol. The van der Waals surface area contributed by atoms with E-state index in [0.717, 1.165) is 48.1 Å². The molecule has 2 atom stereocenters. The van der Waals surface area contributed by atoms with Crippen LogP contribution in [0.3, 0.4) is 0 Å². The number of para-hydroxylation sites is 1. The van der Waals surface area contributed by atoms with Gasteiger partial charge in [0, 0.05) is 61.4 Å². The molecular formula is C32H38N6O2. The maximum absolute atomic E-state index is 13.7. The molecule has 1 saturated heterocycles. The van der Waals surface area contributed by atoms with E-state index in [9.17, 15) is 9.59 Å². The van der Waals surface area contributed by atoms with E-state index >= 15 is 0 Å². The van der Waals surface area contributed by atoms with E-state index in [1.54, 1.807) is 0 Å². The highest BCUT2D eigenvalue weighted by Crippen LogP contribution is 2.28. The molecule has 208 valence electrons. The lowest BCUT2D eigenvalue weighted by atomic mass is 9.92. The molecule has 0 radical (unpaired) electrons. The SMILES string of the molecule is CC(c1c[nH]c2ccccc12)C(NC(=O)N1CCN(Cc2ccccc2)CC1)C(=O)Nc1cccc(CCN)c1. The second kappa shape index (κ2) is 12.8. The molecule has 40 heavy (non-hydrogen) atoms. The van der Waals surface area contributed by atoms with Crippen molar-refractivity contribution in [2.75, 3.05) is 38.0 Å². The lowest BCUT2D eigenvalue weighted by molar-refractivity contribution is -0.118. The molecular weight excluding hydrogens is 500 g/mol. The van der Waals surface area contributed by atoms with E-state index in [4.69, 9.17) is 5.73 Å². The lowest BCUT2D eigenvalue weighted by Gasteiger charge is -2.36. The fourth-order valence-corrected chi connectivity index (χ4v) is 5.43. The molecule has 0 bridgehead atoms. The third kappa shape index (κ3) is 6.52. The van der Waals surface area contributed by atoms with Crippen LogP contribution in [0.15, 0.2) is 85.1 Å². The number of carbonyl (C=O) groups excluding carboxylic acids is 2. The third-order valence-electron chi connectivity index (χ3n) is 7.71. The third-order valence-corrected chi connectivity index (χ3v) is 7.71. The van der Waals surface area contributed by atoms with Crippen molar-refractivity contribution in [1.82, 2.24) is 20.1 Å². The Bertz CT molecular complexity index is 1430. The van der Waals surface area contributed by atoms with E-state index in [-0.39, 0.29) is 17.9 Å². The number of fused-ring (bicyclic) bond motifs is 1. The molecule has 1 fully saturated rings. The van der Waals surface area contributed by atoms with Crippen molar-refractivity contribution in [3.05, 3.63) is 102 Å². The van der Waals surface area contributed by atoms with Crippen LogP contribution in [0, 0.1) is 0 Å². The molecule has 5 rings (SSSR count). The molecule has 1 aliphatic rings. The van der Waals surface area contributed by atoms with Gasteiger partial charge in [-0.2, -0.15) is 0 Å². The van der Waals surface area contributed by atoms with Crippen molar-refractivity contribution in [2.24, 2.45) is 5.73 Å². The number of piperazine rings is 1. The van der Waals surface area contributed by atoms with Gasteiger partial charge in [0.15, 0.2) is 0 Å². The number of H-pyrrole nitrogens is 1. The highest BCUT2D eigenvalue weighted by molar-refractivity contribution is 5.98. The van der Waals surface area contributed by atoms with E-state index in [2.05, 4.69) is 32.7 Å². The fourth-order valence-electron chi connectivity index (χ4n) is 5.43. The Balaban J connectivity index is 1.30. The first kappa shape index (κ1) is 27.4. The molecule has 4 aromatic rings. The van der Waals surface area contributed by atoms with Crippen LogP contribution < -0.4 is 16.4 Å². The minimum absolute atomic E-state index is 0.219. The first-order chi connectivity index (χ1) is 19.5. The van der Waals surface area contributed by atoms with E-state index in [0.29, 0.717) is 25.3 Å². The van der Waals surface area contributed by atoms with Crippen molar-refractivity contribution in [3.8, 4) is 0 Å². The molecule has 0 saturated carbocycles. The van der Waals surface area contributed by atoms with Crippen LogP contribution in [0.4, 0.5) is 10.5 Å². The van der Waals surface area contributed by atoms with Crippen molar-refractivity contribution >= 4 is 28.5 Å². The Kier molecular flexibility index (Phi) is 8.78. The summed E-state index contributed by atoms with van der Waals surface area (Å²) in [5, 5.41) is 7.17. The Labute approximate surface area is 235 Å². The second-order valence-electron chi connectivity index (χ2n) is 10.5. The monoisotopic (exact) mass is 538 g/mol. The molecule has 2 unspecified atom stereocenters. The number of carbonyl (C=O) groups is 2. The summed E-state index contributed by atoms with van der Waals surface area (Å²) in [7, 11) is 0. The molecule has 0 spiro atoms. The molecule has 1 aliphatic heterocycles. The molecule has 1 aromatic heterocycles. The Morgan fingerprint density at radius 3 is 2.42 bits per heavy atom. The van der Waals surface area contributed by atoms with Gasteiger partial charge in [0.1, 0.15) is 6.04 Å². The molecule has 3 amide bonds. The van der Waals surface area contributed by atoms with Crippen molar-refractivity contribution in [3.63, 3.8) is 0 Å². The maximum Gasteiger partial charge on any atom is 0.318 e. The summed E-state index contributed by atoms with van der Waals surface area (Å²) < 4.78 is 0. The summed E-state index contributed by atoms with van der Waals surface area (Å²) >= 11 is 0. The number of hydrogen-bond acceptors (Lipinski definition) is 4. The van der Waals surface area contributed by atoms with Gasteiger partial charge >= 0.3 is 6.03 Å². The van der Waals surface area contributed by atoms with Gasteiger partial charge < -0.3 is 26.3 Å². The number of hydrogen-bond donors (Lipinski definition) is 4. The zero-order chi connectivity index (χ0) is 27.9. The fraction of sp³-hybridized carbons (Fsp3) is 0.312. The summed E-state index contributed by atoms with van der Waals surface area (Å²) in [5.41, 5.74) is 10.7. The maximum atomic E-state index is 13.7. The topological polar surface area (TPSA) is 106 Å². The molecule has 5 N–H and O–H groups in total. The smallest absolute Gasteiger partial charge is 0.318 e. The number of anilines is 1. The Morgan fingerprint density at radius 2 is 1.65 bits per heavy atom. The molecule has 3 aromatic carbocycles. The standard InChI is InChI=1S/C32H38N6O2/c1-23(28-21-34-29-13-6-5-12-27(28)29)30(31(39)35-26-11-7-10-24(20-26)14-15-33)36-32(40)38-18-16-37(17-19-38)22-25-8-3-2-4-9-25/h2-13,20-21,23,30,34H,14-19,22,33H2,1H3,(H,35,39)(H,36,40). The van der Waals surface area contributed by atoms with Gasteiger partial charge in [-0.1, -0.05) is 67.6 Å². The minimum Gasteiger partial charge on any atom is -0.361 e. The van der Waals surface area contributed by atoms with E-state index in [1.165, 1.54) is 5.56 Å². The summed E-state index contributed by atoms with van der Waals surface area (Å²) in [4.78, 5) is 34.7. The van der Waals surface area contributed by atoms with Gasteiger partial charge in [0.2, 0.25) is 5.91 Å². The van der Waals surface area contributed by atoms with Crippen molar-refractivity contribution in [1.29, 1.82) is 0 Å². The number of aromatic nitrogens is 1. The average molecular weight is 539 g/mol. The summed E-state index contributed by atoms with van der Waals surface area (Å²) in [6.45, 7) is 6.17. The Hall–Kier alpha value is -4.14. The number of rotatable bonds is 9. The molecule has 2 heterocycles. The van der Waals surface area contributed by atoms with Gasteiger partial charge in [-0.05, 0) is 47.9 Å². The van der Waals surface area contributed by atoms with Crippen molar-refractivity contribution in [2.45, 2.75) is 31.8 Å². The van der Waals surface area contributed by atoms with Crippen LogP contribution in [0.25, 0.3) is 10.9 Å². The summed E-state index contributed by atoms with van der Waals surface area (Å²) in [6.07, 6.45) is 2.66. The van der Waals surface area contributed by atoms with Gasteiger partial charge in [0.25, 0.3) is 0 Å². The van der Waals surface area contributed by atoms with E-state index in [1.807, 2.05) is 84.8 Å². The normalized spacial score (nSPS) is 15.5. The van der Waals surface area contributed by atoms with Crippen LogP contribution in [0.5, 0.6) is 0 Å². The molecule has 8 nitrogen and oxygen atoms in total. The second-order valence-corrected chi connectivity index (χ2v) is 10.5. The minimum atomic E-state index is -0.771. The number of nitrogens with two attached hydrogens (primary N) is 1. The number of aromatic amines is 1. The quantitative estimate of drug-likeness (QED) is 0.255.